The highest BCUT2D eigenvalue weighted by Crippen LogP contribution is 2.32. The van der Waals surface area contributed by atoms with Crippen LogP contribution in [0.3, 0.4) is 0 Å². The van der Waals surface area contributed by atoms with Crippen LogP contribution in [0.2, 0.25) is 0 Å². The molecule has 0 bridgehead atoms. The maximum atomic E-state index is 5.47. The van der Waals surface area contributed by atoms with Crippen molar-refractivity contribution in [1.29, 1.82) is 0 Å². The van der Waals surface area contributed by atoms with Gasteiger partial charge < -0.3 is 18.9 Å². The van der Waals surface area contributed by atoms with Gasteiger partial charge in [0.05, 0.1) is 19.8 Å². The van der Waals surface area contributed by atoms with Crippen LogP contribution < -0.4 is 9.47 Å². The van der Waals surface area contributed by atoms with Gasteiger partial charge in [-0.05, 0) is 39.2 Å². The molecule has 2 rings (SSSR count). The highest BCUT2D eigenvalue weighted by Gasteiger charge is 2.12. The predicted octanol–water partition coefficient (Wildman–Crippen LogP) is 2.52. The number of hydrogen-bond acceptors (Lipinski definition) is 4. The quantitative estimate of drug-likeness (QED) is 0.785. The predicted molar refractivity (Wildman–Crippen MR) is 83.9 cm³/mol. The molecule has 0 atom stereocenters. The van der Waals surface area contributed by atoms with Gasteiger partial charge in [0.1, 0.15) is 17.3 Å². The zero-order chi connectivity index (χ0) is 15.2. The van der Waals surface area contributed by atoms with Crippen LogP contribution in [0.4, 0.5) is 0 Å². The summed E-state index contributed by atoms with van der Waals surface area (Å²) in [6, 6.07) is 5.80. The van der Waals surface area contributed by atoms with Gasteiger partial charge in [0.15, 0.2) is 0 Å². The van der Waals surface area contributed by atoms with Crippen molar-refractivity contribution in [3.8, 4) is 22.9 Å². The van der Waals surface area contributed by atoms with E-state index in [2.05, 4.69) is 28.5 Å². The molecule has 0 radical (unpaired) electrons. The third-order valence-electron chi connectivity index (χ3n) is 3.37. The number of rotatable bonds is 7. The molecule has 0 aliphatic heterocycles. The van der Waals surface area contributed by atoms with Gasteiger partial charge in [0, 0.05) is 25.0 Å². The van der Waals surface area contributed by atoms with E-state index in [4.69, 9.17) is 9.47 Å². The Hall–Kier alpha value is -2.01. The maximum absolute atomic E-state index is 5.47. The Balaban J connectivity index is 2.24. The molecular formula is C16H23N3O2. The average Bonchev–Trinajstić information content (AvgIpc) is 2.94. The van der Waals surface area contributed by atoms with Gasteiger partial charge in [0.2, 0.25) is 0 Å². The second-order valence-electron chi connectivity index (χ2n) is 5.17. The van der Waals surface area contributed by atoms with E-state index in [0.29, 0.717) is 0 Å². The summed E-state index contributed by atoms with van der Waals surface area (Å²) in [4.78, 5) is 6.66. The summed E-state index contributed by atoms with van der Waals surface area (Å²) in [7, 11) is 7.48. The fraction of sp³-hybridized carbons (Fsp3) is 0.438. The SMILES string of the molecule is COc1ccc(-c2nccn2CCCN(C)C)c(OC)c1. The molecule has 0 aliphatic carbocycles. The number of aromatic nitrogens is 2. The minimum atomic E-state index is 0.773. The first-order chi connectivity index (χ1) is 10.2. The van der Waals surface area contributed by atoms with Crippen molar-refractivity contribution in [3.05, 3.63) is 30.6 Å². The molecule has 1 aromatic carbocycles. The van der Waals surface area contributed by atoms with Gasteiger partial charge in [-0.2, -0.15) is 0 Å². The fourth-order valence-electron chi connectivity index (χ4n) is 2.27. The molecule has 2 aromatic rings. The number of benzene rings is 1. The standard InChI is InChI=1S/C16H23N3O2/c1-18(2)9-5-10-19-11-8-17-16(19)14-7-6-13(20-3)12-15(14)21-4/h6-8,11-12H,5,9-10H2,1-4H3. The summed E-state index contributed by atoms with van der Waals surface area (Å²) in [6.07, 6.45) is 4.91. The monoisotopic (exact) mass is 289 g/mol. The third kappa shape index (κ3) is 3.76. The topological polar surface area (TPSA) is 39.5 Å². The molecule has 21 heavy (non-hydrogen) atoms. The van der Waals surface area contributed by atoms with E-state index >= 15 is 0 Å². The first-order valence-corrected chi connectivity index (χ1v) is 7.04. The van der Waals surface area contributed by atoms with E-state index in [1.165, 1.54) is 0 Å². The summed E-state index contributed by atoms with van der Waals surface area (Å²) in [5, 5.41) is 0. The lowest BCUT2D eigenvalue weighted by Gasteiger charge is -2.13. The van der Waals surface area contributed by atoms with Crippen molar-refractivity contribution in [2.45, 2.75) is 13.0 Å². The van der Waals surface area contributed by atoms with Gasteiger partial charge in [-0.25, -0.2) is 4.98 Å². The van der Waals surface area contributed by atoms with Crippen LogP contribution in [-0.2, 0) is 6.54 Å². The molecule has 1 heterocycles. The Labute approximate surface area is 126 Å². The molecule has 1 aromatic heterocycles. The fourth-order valence-corrected chi connectivity index (χ4v) is 2.27. The van der Waals surface area contributed by atoms with Crippen LogP contribution in [0.1, 0.15) is 6.42 Å². The van der Waals surface area contributed by atoms with Crippen molar-refractivity contribution in [3.63, 3.8) is 0 Å². The smallest absolute Gasteiger partial charge is 0.143 e. The van der Waals surface area contributed by atoms with Gasteiger partial charge in [-0.15, -0.1) is 0 Å². The first-order valence-electron chi connectivity index (χ1n) is 7.04. The average molecular weight is 289 g/mol. The summed E-state index contributed by atoms with van der Waals surface area (Å²) in [5.74, 6) is 2.48. The van der Waals surface area contributed by atoms with Crippen molar-refractivity contribution in [1.82, 2.24) is 14.5 Å². The second-order valence-corrected chi connectivity index (χ2v) is 5.17. The van der Waals surface area contributed by atoms with Crippen LogP contribution in [0, 0.1) is 0 Å². The van der Waals surface area contributed by atoms with Gasteiger partial charge in [-0.1, -0.05) is 0 Å². The van der Waals surface area contributed by atoms with Crippen LogP contribution >= 0.6 is 0 Å². The zero-order valence-electron chi connectivity index (χ0n) is 13.2. The molecule has 5 heteroatoms. The molecule has 0 fully saturated rings. The van der Waals surface area contributed by atoms with Gasteiger partial charge in [-0.3, -0.25) is 0 Å². The highest BCUT2D eigenvalue weighted by atomic mass is 16.5. The van der Waals surface area contributed by atoms with E-state index in [1.54, 1.807) is 14.2 Å². The molecule has 0 unspecified atom stereocenters. The van der Waals surface area contributed by atoms with E-state index in [-0.39, 0.29) is 0 Å². The Kier molecular flexibility index (Phi) is 5.22. The molecule has 5 nitrogen and oxygen atoms in total. The van der Waals surface area contributed by atoms with Crippen LogP contribution in [-0.4, -0.2) is 49.3 Å². The minimum absolute atomic E-state index is 0.773. The van der Waals surface area contributed by atoms with Gasteiger partial charge >= 0.3 is 0 Å². The lowest BCUT2D eigenvalue weighted by molar-refractivity contribution is 0.386. The lowest BCUT2D eigenvalue weighted by Crippen LogP contribution is -2.15. The minimum Gasteiger partial charge on any atom is -0.497 e. The van der Waals surface area contributed by atoms with E-state index in [9.17, 15) is 0 Å². The highest BCUT2D eigenvalue weighted by molar-refractivity contribution is 5.66. The number of ether oxygens (including phenoxy) is 2. The van der Waals surface area contributed by atoms with Crippen molar-refractivity contribution >= 4 is 0 Å². The Morgan fingerprint density at radius 1 is 1.19 bits per heavy atom. The van der Waals surface area contributed by atoms with Crippen LogP contribution in [0.5, 0.6) is 11.5 Å². The summed E-state index contributed by atoms with van der Waals surface area (Å²) >= 11 is 0. The zero-order valence-corrected chi connectivity index (χ0v) is 13.2. The number of aryl methyl sites for hydroxylation is 1. The van der Waals surface area contributed by atoms with E-state index in [0.717, 1.165) is 42.4 Å². The Bertz CT molecular complexity index is 579. The first kappa shape index (κ1) is 15.4. The molecule has 0 N–H and O–H groups in total. The molecule has 0 saturated heterocycles. The van der Waals surface area contributed by atoms with Gasteiger partial charge in [0.25, 0.3) is 0 Å². The normalized spacial score (nSPS) is 10.9. The number of nitrogens with zero attached hydrogens (tertiary/aromatic N) is 3. The number of imidazole rings is 1. The van der Waals surface area contributed by atoms with E-state index in [1.807, 2.05) is 30.6 Å². The van der Waals surface area contributed by atoms with Crippen LogP contribution in [0.15, 0.2) is 30.6 Å². The summed E-state index contributed by atoms with van der Waals surface area (Å²) in [5.41, 5.74) is 0.980. The Morgan fingerprint density at radius 3 is 2.67 bits per heavy atom. The molecule has 0 aliphatic rings. The van der Waals surface area contributed by atoms with E-state index < -0.39 is 0 Å². The molecule has 114 valence electrons. The van der Waals surface area contributed by atoms with Crippen molar-refractivity contribution in [2.75, 3.05) is 34.9 Å². The number of hydrogen-bond donors (Lipinski definition) is 0. The van der Waals surface area contributed by atoms with Crippen LogP contribution in [0.25, 0.3) is 11.4 Å². The molecule has 0 spiro atoms. The third-order valence-corrected chi connectivity index (χ3v) is 3.37. The molecule has 0 saturated carbocycles. The lowest BCUT2D eigenvalue weighted by atomic mass is 10.1. The van der Waals surface area contributed by atoms with Crippen molar-refractivity contribution < 1.29 is 9.47 Å². The summed E-state index contributed by atoms with van der Waals surface area (Å²) in [6.45, 7) is 1.99. The Morgan fingerprint density at radius 2 is 2.00 bits per heavy atom. The maximum Gasteiger partial charge on any atom is 0.143 e. The summed E-state index contributed by atoms with van der Waals surface area (Å²) < 4.78 is 12.9. The largest absolute Gasteiger partial charge is 0.497 e. The van der Waals surface area contributed by atoms with Crippen molar-refractivity contribution in [2.24, 2.45) is 0 Å². The second kappa shape index (κ2) is 7.13. The molecule has 0 amide bonds. The number of methoxy groups -OCH3 is 2. The molecular weight excluding hydrogens is 266 g/mol.